The lowest BCUT2D eigenvalue weighted by atomic mass is 10.1. The molecule has 0 fully saturated rings. The summed E-state index contributed by atoms with van der Waals surface area (Å²) in [6.45, 7) is 2.73. The van der Waals surface area contributed by atoms with Crippen molar-refractivity contribution < 1.29 is 14.8 Å². The van der Waals surface area contributed by atoms with Crippen molar-refractivity contribution in [1.29, 1.82) is 0 Å². The van der Waals surface area contributed by atoms with Crippen LogP contribution in [0.4, 0.5) is 5.69 Å². The predicted octanol–water partition coefficient (Wildman–Crippen LogP) is 1.64. The van der Waals surface area contributed by atoms with Crippen LogP contribution in [0.3, 0.4) is 0 Å². The van der Waals surface area contributed by atoms with E-state index < -0.39 is 6.10 Å². The van der Waals surface area contributed by atoms with E-state index >= 15 is 0 Å². The van der Waals surface area contributed by atoms with E-state index in [1.807, 2.05) is 6.92 Å². The lowest BCUT2D eigenvalue weighted by Gasteiger charge is -2.16. The zero-order chi connectivity index (χ0) is 14.3. The van der Waals surface area contributed by atoms with Crippen molar-refractivity contribution in [2.75, 3.05) is 20.3 Å². The molecule has 0 heterocycles. The fraction of sp³-hybridized carbons (Fsp3) is 0.538. The molecule has 1 aromatic rings. The van der Waals surface area contributed by atoms with Crippen LogP contribution in [-0.2, 0) is 4.74 Å². The number of nitro groups is 1. The van der Waals surface area contributed by atoms with Crippen LogP contribution in [0.1, 0.15) is 24.9 Å². The minimum Gasteiger partial charge on any atom is -0.391 e. The van der Waals surface area contributed by atoms with Crippen molar-refractivity contribution in [1.82, 2.24) is 5.32 Å². The van der Waals surface area contributed by atoms with E-state index in [-0.39, 0.29) is 16.7 Å². The highest BCUT2D eigenvalue weighted by atomic mass is 16.6. The first-order valence-corrected chi connectivity index (χ1v) is 6.20. The van der Waals surface area contributed by atoms with E-state index in [9.17, 15) is 15.2 Å². The van der Waals surface area contributed by atoms with Gasteiger partial charge < -0.3 is 15.2 Å². The van der Waals surface area contributed by atoms with Crippen molar-refractivity contribution >= 4 is 5.69 Å². The lowest BCUT2D eigenvalue weighted by Crippen LogP contribution is -2.25. The molecular formula is C13H20N2O4. The quantitative estimate of drug-likeness (QED) is 0.553. The van der Waals surface area contributed by atoms with Gasteiger partial charge in [0.25, 0.3) is 5.69 Å². The largest absolute Gasteiger partial charge is 0.391 e. The molecule has 0 aromatic heterocycles. The molecule has 2 atom stereocenters. The molecule has 0 saturated carbocycles. The summed E-state index contributed by atoms with van der Waals surface area (Å²) >= 11 is 0. The van der Waals surface area contributed by atoms with Crippen molar-refractivity contribution in [3.63, 3.8) is 0 Å². The van der Waals surface area contributed by atoms with Gasteiger partial charge in [-0.05, 0) is 19.9 Å². The number of methoxy groups -OCH3 is 1. The number of hydrogen-bond acceptors (Lipinski definition) is 5. The van der Waals surface area contributed by atoms with Crippen molar-refractivity contribution in [3.8, 4) is 0 Å². The molecule has 0 aliphatic carbocycles. The molecule has 0 spiro atoms. The topological polar surface area (TPSA) is 84.6 Å². The first-order chi connectivity index (χ1) is 9.06. The van der Waals surface area contributed by atoms with E-state index in [1.165, 1.54) is 13.2 Å². The van der Waals surface area contributed by atoms with Gasteiger partial charge in [0.1, 0.15) is 0 Å². The van der Waals surface area contributed by atoms with E-state index in [1.54, 1.807) is 18.2 Å². The van der Waals surface area contributed by atoms with Crippen LogP contribution < -0.4 is 5.32 Å². The van der Waals surface area contributed by atoms with E-state index in [0.717, 1.165) is 0 Å². The van der Waals surface area contributed by atoms with Crippen LogP contribution in [-0.4, -0.2) is 36.4 Å². The second-order valence-electron chi connectivity index (χ2n) is 4.39. The number of ether oxygens (including phenoxy) is 1. The molecule has 6 heteroatoms. The zero-order valence-electron chi connectivity index (χ0n) is 11.2. The van der Waals surface area contributed by atoms with E-state index in [0.29, 0.717) is 25.1 Å². The molecule has 0 amide bonds. The van der Waals surface area contributed by atoms with Crippen LogP contribution in [0.2, 0.25) is 0 Å². The summed E-state index contributed by atoms with van der Waals surface area (Å²) in [5.41, 5.74) is 0.758. The van der Waals surface area contributed by atoms with Gasteiger partial charge in [0.05, 0.1) is 17.6 Å². The van der Waals surface area contributed by atoms with Crippen LogP contribution in [0, 0.1) is 10.1 Å². The predicted molar refractivity (Wildman–Crippen MR) is 72.0 cm³/mol. The summed E-state index contributed by atoms with van der Waals surface area (Å²) in [6, 6.07) is 6.52. The SMILES string of the molecule is COCC(O)CCNC(C)c1ccccc1[N+](=O)[O-]. The number of nitro benzene ring substituents is 1. The maximum atomic E-state index is 10.9. The summed E-state index contributed by atoms with van der Waals surface area (Å²) in [7, 11) is 1.53. The summed E-state index contributed by atoms with van der Waals surface area (Å²) in [5.74, 6) is 0. The van der Waals surface area contributed by atoms with Crippen molar-refractivity contribution in [3.05, 3.63) is 39.9 Å². The third kappa shape index (κ3) is 4.94. The van der Waals surface area contributed by atoms with Gasteiger partial charge in [-0.2, -0.15) is 0 Å². The Labute approximate surface area is 112 Å². The average Bonchev–Trinajstić information content (AvgIpc) is 2.38. The van der Waals surface area contributed by atoms with E-state index in [2.05, 4.69) is 5.32 Å². The molecule has 2 N–H and O–H groups in total. The molecule has 2 unspecified atom stereocenters. The van der Waals surface area contributed by atoms with Crippen molar-refractivity contribution in [2.24, 2.45) is 0 Å². The van der Waals surface area contributed by atoms with Gasteiger partial charge in [0.2, 0.25) is 0 Å². The Hall–Kier alpha value is -1.50. The van der Waals surface area contributed by atoms with Crippen molar-refractivity contribution in [2.45, 2.75) is 25.5 Å². The molecule has 0 aliphatic heterocycles. The molecule has 19 heavy (non-hydrogen) atoms. The normalized spacial score (nSPS) is 14.1. The standard InChI is InChI=1S/C13H20N2O4/c1-10(14-8-7-11(16)9-19-2)12-5-3-4-6-13(12)15(17)18/h3-6,10-11,14,16H,7-9H2,1-2H3. The van der Waals surface area contributed by atoms with Crippen LogP contribution in [0.15, 0.2) is 24.3 Å². The molecule has 1 aromatic carbocycles. The fourth-order valence-electron chi connectivity index (χ4n) is 1.87. The number of nitrogens with zero attached hydrogens (tertiary/aromatic N) is 1. The Balaban J connectivity index is 2.54. The molecule has 0 bridgehead atoms. The van der Waals surface area contributed by atoms with E-state index in [4.69, 9.17) is 4.74 Å². The molecule has 106 valence electrons. The molecular weight excluding hydrogens is 248 g/mol. The number of hydrogen-bond donors (Lipinski definition) is 2. The summed E-state index contributed by atoms with van der Waals surface area (Å²) in [6.07, 6.45) is 0.0224. The summed E-state index contributed by atoms with van der Waals surface area (Å²) < 4.78 is 4.83. The maximum absolute atomic E-state index is 10.9. The zero-order valence-corrected chi connectivity index (χ0v) is 11.2. The number of benzene rings is 1. The molecule has 0 saturated heterocycles. The Morgan fingerprint density at radius 3 is 2.79 bits per heavy atom. The molecule has 0 radical (unpaired) electrons. The number of nitrogens with one attached hydrogen (secondary N) is 1. The molecule has 0 aliphatic rings. The summed E-state index contributed by atoms with van der Waals surface area (Å²) in [4.78, 5) is 10.5. The Bertz CT molecular complexity index is 411. The second-order valence-corrected chi connectivity index (χ2v) is 4.39. The van der Waals surface area contributed by atoms with Crippen LogP contribution in [0.5, 0.6) is 0 Å². The fourth-order valence-corrected chi connectivity index (χ4v) is 1.87. The minimum atomic E-state index is -0.518. The number of para-hydroxylation sites is 1. The lowest BCUT2D eigenvalue weighted by molar-refractivity contribution is -0.385. The first-order valence-electron chi connectivity index (χ1n) is 6.20. The summed E-state index contributed by atoms with van der Waals surface area (Å²) in [5, 5.41) is 23.6. The first kappa shape index (κ1) is 15.6. The van der Waals surface area contributed by atoms with Crippen LogP contribution in [0.25, 0.3) is 0 Å². The number of aliphatic hydroxyl groups is 1. The van der Waals surface area contributed by atoms with Gasteiger partial charge in [0, 0.05) is 24.8 Å². The van der Waals surface area contributed by atoms with Gasteiger partial charge >= 0.3 is 0 Å². The Kier molecular flexibility index (Phi) is 6.41. The Morgan fingerprint density at radius 1 is 1.47 bits per heavy atom. The van der Waals surface area contributed by atoms with Gasteiger partial charge in [-0.15, -0.1) is 0 Å². The molecule has 1 rings (SSSR count). The highest BCUT2D eigenvalue weighted by Crippen LogP contribution is 2.24. The monoisotopic (exact) mass is 268 g/mol. The van der Waals surface area contributed by atoms with Gasteiger partial charge in [0.15, 0.2) is 0 Å². The van der Waals surface area contributed by atoms with Gasteiger partial charge in [-0.25, -0.2) is 0 Å². The number of rotatable bonds is 8. The average molecular weight is 268 g/mol. The molecule has 6 nitrogen and oxygen atoms in total. The number of aliphatic hydroxyl groups excluding tert-OH is 1. The minimum absolute atomic E-state index is 0.111. The third-order valence-electron chi connectivity index (χ3n) is 2.89. The van der Waals surface area contributed by atoms with Gasteiger partial charge in [-0.3, -0.25) is 10.1 Å². The third-order valence-corrected chi connectivity index (χ3v) is 2.89. The maximum Gasteiger partial charge on any atom is 0.274 e. The second kappa shape index (κ2) is 7.83. The van der Waals surface area contributed by atoms with Crippen LogP contribution >= 0.6 is 0 Å². The smallest absolute Gasteiger partial charge is 0.274 e. The van der Waals surface area contributed by atoms with Gasteiger partial charge in [-0.1, -0.05) is 18.2 Å². The highest BCUT2D eigenvalue weighted by Gasteiger charge is 2.17. The Morgan fingerprint density at radius 2 is 2.16 bits per heavy atom. The highest BCUT2D eigenvalue weighted by molar-refractivity contribution is 5.41.